The minimum atomic E-state index is 0.905. The fourth-order valence-corrected chi connectivity index (χ4v) is 7.30. The van der Waals surface area contributed by atoms with Crippen molar-refractivity contribution < 1.29 is 8.83 Å². The Morgan fingerprint density at radius 2 is 0.918 bits per heavy atom. The lowest BCUT2D eigenvalue weighted by molar-refractivity contribution is 0.670. The predicted octanol–water partition coefficient (Wildman–Crippen LogP) is 13.4. The number of hydrogen-bond acceptors (Lipinski definition) is 3. The lowest BCUT2D eigenvalue weighted by atomic mass is 10.0. The molecule has 230 valence electrons. The Kier molecular flexibility index (Phi) is 6.18. The van der Waals surface area contributed by atoms with Gasteiger partial charge in [0.25, 0.3) is 0 Å². The van der Waals surface area contributed by atoms with E-state index < -0.39 is 0 Å². The summed E-state index contributed by atoms with van der Waals surface area (Å²) < 4.78 is 12.8. The van der Waals surface area contributed by atoms with Gasteiger partial charge in [-0.25, -0.2) is 0 Å². The lowest BCUT2D eigenvalue weighted by Gasteiger charge is -2.26. The van der Waals surface area contributed by atoms with Crippen LogP contribution < -0.4 is 4.90 Å². The molecule has 10 aromatic rings. The van der Waals surface area contributed by atoms with Crippen molar-refractivity contribution in [3.05, 3.63) is 176 Å². The average Bonchev–Trinajstić information content (AvgIpc) is 3.75. The molecule has 0 saturated carbocycles. The predicted molar refractivity (Wildman–Crippen MR) is 204 cm³/mol. The number of benzene rings is 8. The third kappa shape index (κ3) is 4.51. The number of hydrogen-bond donors (Lipinski definition) is 0. The summed E-state index contributed by atoms with van der Waals surface area (Å²) in [4.78, 5) is 2.33. The fraction of sp³-hybridized carbons (Fsp3) is 0. The SMILES string of the molecule is c1ccc(-c2cccc(N(c3ccc(-c4cccc5c4oc4ccccc45)cc3)c3ccc4c(ccc5c6ccccc6oc45)c3)c2)cc1. The molecule has 0 aliphatic rings. The zero-order chi connectivity index (χ0) is 32.3. The number of furan rings is 2. The van der Waals surface area contributed by atoms with Crippen LogP contribution in [-0.4, -0.2) is 0 Å². The molecule has 0 saturated heterocycles. The first kappa shape index (κ1) is 27.5. The van der Waals surface area contributed by atoms with Crippen molar-refractivity contribution in [3.63, 3.8) is 0 Å². The van der Waals surface area contributed by atoms with Gasteiger partial charge in [0, 0.05) is 49.6 Å². The summed E-state index contributed by atoms with van der Waals surface area (Å²) in [6.45, 7) is 0. The van der Waals surface area contributed by atoms with Crippen LogP contribution >= 0.6 is 0 Å². The van der Waals surface area contributed by atoms with E-state index in [2.05, 4.69) is 157 Å². The number of fused-ring (bicyclic) bond motifs is 8. The van der Waals surface area contributed by atoms with E-state index in [1.54, 1.807) is 0 Å². The molecular formula is C46H29NO2. The molecule has 0 aliphatic heterocycles. The van der Waals surface area contributed by atoms with Crippen molar-refractivity contribution >= 4 is 71.7 Å². The molecule has 0 unspecified atom stereocenters. The maximum atomic E-state index is 6.38. The third-order valence-electron chi connectivity index (χ3n) is 9.65. The van der Waals surface area contributed by atoms with Gasteiger partial charge in [0.1, 0.15) is 22.3 Å². The van der Waals surface area contributed by atoms with Gasteiger partial charge in [-0.3, -0.25) is 0 Å². The number of rotatable bonds is 5. The van der Waals surface area contributed by atoms with Gasteiger partial charge >= 0.3 is 0 Å². The molecule has 10 rings (SSSR count). The minimum Gasteiger partial charge on any atom is -0.455 e. The van der Waals surface area contributed by atoms with E-state index in [-0.39, 0.29) is 0 Å². The molecule has 0 radical (unpaired) electrons. The lowest BCUT2D eigenvalue weighted by Crippen LogP contribution is -2.10. The molecular weight excluding hydrogens is 599 g/mol. The molecule has 8 aromatic carbocycles. The second-order valence-electron chi connectivity index (χ2n) is 12.5. The van der Waals surface area contributed by atoms with Crippen molar-refractivity contribution in [2.24, 2.45) is 0 Å². The fourth-order valence-electron chi connectivity index (χ4n) is 7.30. The van der Waals surface area contributed by atoms with Crippen LogP contribution in [-0.2, 0) is 0 Å². The van der Waals surface area contributed by atoms with Crippen LogP contribution in [0.15, 0.2) is 185 Å². The minimum absolute atomic E-state index is 0.905. The highest BCUT2D eigenvalue weighted by molar-refractivity contribution is 6.15. The Balaban J connectivity index is 1.12. The van der Waals surface area contributed by atoms with E-state index in [0.717, 1.165) is 82.8 Å². The third-order valence-corrected chi connectivity index (χ3v) is 9.65. The van der Waals surface area contributed by atoms with Crippen LogP contribution in [0.4, 0.5) is 17.1 Å². The van der Waals surface area contributed by atoms with E-state index in [1.807, 2.05) is 24.3 Å². The van der Waals surface area contributed by atoms with Gasteiger partial charge in [-0.05, 0) is 82.7 Å². The summed E-state index contributed by atoms with van der Waals surface area (Å²) >= 11 is 0. The summed E-state index contributed by atoms with van der Waals surface area (Å²) in [5.41, 5.74) is 11.4. The van der Waals surface area contributed by atoms with Crippen LogP contribution in [0.25, 0.3) is 76.9 Å². The number of para-hydroxylation sites is 3. The topological polar surface area (TPSA) is 29.5 Å². The van der Waals surface area contributed by atoms with Crippen LogP contribution in [0.5, 0.6) is 0 Å². The Morgan fingerprint density at radius 1 is 0.327 bits per heavy atom. The smallest absolute Gasteiger partial charge is 0.143 e. The second kappa shape index (κ2) is 11.0. The molecule has 3 nitrogen and oxygen atoms in total. The van der Waals surface area contributed by atoms with Crippen molar-refractivity contribution in [1.29, 1.82) is 0 Å². The van der Waals surface area contributed by atoms with Gasteiger partial charge in [-0.1, -0.05) is 115 Å². The van der Waals surface area contributed by atoms with E-state index in [9.17, 15) is 0 Å². The van der Waals surface area contributed by atoms with E-state index in [1.165, 1.54) is 11.1 Å². The summed E-state index contributed by atoms with van der Waals surface area (Å²) in [5, 5.41) is 6.77. The maximum absolute atomic E-state index is 6.38. The molecule has 0 spiro atoms. The molecule has 0 fully saturated rings. The summed E-state index contributed by atoms with van der Waals surface area (Å²) in [7, 11) is 0. The van der Waals surface area contributed by atoms with Crippen LogP contribution in [0, 0.1) is 0 Å². The molecule has 0 bridgehead atoms. The van der Waals surface area contributed by atoms with Crippen molar-refractivity contribution in [1.82, 2.24) is 0 Å². The first-order valence-corrected chi connectivity index (χ1v) is 16.6. The number of anilines is 3. The molecule has 2 aromatic heterocycles. The maximum Gasteiger partial charge on any atom is 0.143 e. The first-order chi connectivity index (χ1) is 24.3. The largest absolute Gasteiger partial charge is 0.455 e. The van der Waals surface area contributed by atoms with Gasteiger partial charge < -0.3 is 13.7 Å². The molecule has 0 N–H and O–H groups in total. The van der Waals surface area contributed by atoms with Crippen LogP contribution in [0.3, 0.4) is 0 Å². The van der Waals surface area contributed by atoms with E-state index in [0.29, 0.717) is 0 Å². The molecule has 49 heavy (non-hydrogen) atoms. The van der Waals surface area contributed by atoms with Gasteiger partial charge in [0.05, 0.1) is 0 Å². The zero-order valence-corrected chi connectivity index (χ0v) is 26.5. The molecule has 2 heterocycles. The van der Waals surface area contributed by atoms with Crippen LogP contribution in [0.1, 0.15) is 0 Å². The normalized spacial score (nSPS) is 11.7. The van der Waals surface area contributed by atoms with Gasteiger partial charge in [-0.2, -0.15) is 0 Å². The highest BCUT2D eigenvalue weighted by atomic mass is 16.3. The van der Waals surface area contributed by atoms with E-state index >= 15 is 0 Å². The molecule has 3 heteroatoms. The second-order valence-corrected chi connectivity index (χ2v) is 12.5. The quantitative estimate of drug-likeness (QED) is 0.190. The summed E-state index contributed by atoms with van der Waals surface area (Å²) in [5.74, 6) is 0. The van der Waals surface area contributed by atoms with Crippen molar-refractivity contribution in [2.45, 2.75) is 0 Å². The Hall–Kier alpha value is -6.58. The Bertz CT molecular complexity index is 2830. The highest BCUT2D eigenvalue weighted by Crippen LogP contribution is 2.42. The Labute approximate surface area is 282 Å². The molecule has 0 amide bonds. The van der Waals surface area contributed by atoms with Crippen molar-refractivity contribution in [3.8, 4) is 22.3 Å². The summed E-state index contributed by atoms with van der Waals surface area (Å²) in [6, 6.07) is 62.1. The molecule has 0 atom stereocenters. The molecule has 0 aliphatic carbocycles. The number of nitrogens with zero attached hydrogens (tertiary/aromatic N) is 1. The van der Waals surface area contributed by atoms with Gasteiger partial charge in [0.15, 0.2) is 0 Å². The first-order valence-electron chi connectivity index (χ1n) is 16.6. The Morgan fingerprint density at radius 3 is 1.71 bits per heavy atom. The summed E-state index contributed by atoms with van der Waals surface area (Å²) in [6.07, 6.45) is 0. The van der Waals surface area contributed by atoms with Crippen LogP contribution in [0.2, 0.25) is 0 Å². The average molecular weight is 628 g/mol. The monoisotopic (exact) mass is 627 g/mol. The highest BCUT2D eigenvalue weighted by Gasteiger charge is 2.18. The standard InChI is InChI=1S/C46H29NO2/c1-2-10-30(11-3-1)32-12-8-13-35(28-32)47(36-25-27-38-33(29-36)22-26-42-40-15-5-7-19-44(40)49-46(38)42)34-23-20-31(21-24-34)37-16-9-17-41-39-14-4-6-18-43(39)48-45(37)41/h1-29H. The van der Waals surface area contributed by atoms with E-state index in [4.69, 9.17) is 8.83 Å². The zero-order valence-electron chi connectivity index (χ0n) is 26.5. The van der Waals surface area contributed by atoms with Gasteiger partial charge in [-0.15, -0.1) is 0 Å². The van der Waals surface area contributed by atoms with Gasteiger partial charge in [0.2, 0.25) is 0 Å². The van der Waals surface area contributed by atoms with Crippen molar-refractivity contribution in [2.75, 3.05) is 4.90 Å².